The summed E-state index contributed by atoms with van der Waals surface area (Å²) in [4.78, 5) is 32.3. The van der Waals surface area contributed by atoms with Crippen LogP contribution >= 0.6 is 0 Å². The van der Waals surface area contributed by atoms with Gasteiger partial charge in [-0.25, -0.2) is 0 Å². The van der Waals surface area contributed by atoms with Gasteiger partial charge in [-0.15, -0.1) is 0 Å². The van der Waals surface area contributed by atoms with E-state index in [4.69, 9.17) is 5.26 Å². The Morgan fingerprint density at radius 2 is 1.67 bits per heavy atom. The molecule has 0 radical (unpaired) electrons. The van der Waals surface area contributed by atoms with E-state index in [1.54, 1.807) is 58.2 Å². The highest BCUT2D eigenvalue weighted by Crippen LogP contribution is 2.13. The van der Waals surface area contributed by atoms with Crippen molar-refractivity contribution in [1.82, 2.24) is 19.4 Å². The van der Waals surface area contributed by atoms with Crippen LogP contribution in [0.1, 0.15) is 26.4 Å². The second kappa shape index (κ2) is 6.54. The fraction of sp³-hybridized carbons (Fsp3) is 0.294. The van der Waals surface area contributed by atoms with Gasteiger partial charge in [-0.1, -0.05) is 0 Å². The first-order valence-electron chi connectivity index (χ1n) is 7.65. The summed E-state index contributed by atoms with van der Waals surface area (Å²) in [7, 11) is 1.75. The third kappa shape index (κ3) is 2.99. The molecule has 2 aromatic heterocycles. The highest BCUT2D eigenvalue weighted by Gasteiger charge is 2.26. The van der Waals surface area contributed by atoms with Crippen molar-refractivity contribution in [3.63, 3.8) is 0 Å². The number of piperazine rings is 1. The number of rotatable bonds is 2. The number of aryl methyl sites for hydroxylation is 1. The first-order chi connectivity index (χ1) is 11.6. The highest BCUT2D eigenvalue weighted by molar-refractivity contribution is 5.95. The van der Waals surface area contributed by atoms with E-state index in [1.165, 1.54) is 0 Å². The largest absolute Gasteiger partial charge is 0.345 e. The fourth-order valence-corrected chi connectivity index (χ4v) is 2.79. The maximum Gasteiger partial charge on any atom is 0.270 e. The summed E-state index contributed by atoms with van der Waals surface area (Å²) >= 11 is 0. The van der Waals surface area contributed by atoms with E-state index in [-0.39, 0.29) is 11.8 Å². The molecule has 0 atom stereocenters. The number of pyridine rings is 1. The standard InChI is InChI=1S/C17H17N5O2/c1-20-12-13(11-18)10-15(20)17(24)22-8-6-21(7-9-22)16(23)14-2-4-19-5-3-14/h2-5,10,12H,6-9H2,1H3. The SMILES string of the molecule is Cn1cc(C#N)cc1C(=O)N1CCN(C(=O)c2ccncc2)CC1. The molecule has 0 N–H and O–H groups in total. The molecule has 1 aliphatic rings. The van der Waals surface area contributed by atoms with E-state index in [2.05, 4.69) is 4.98 Å². The summed E-state index contributed by atoms with van der Waals surface area (Å²) in [5, 5.41) is 8.93. The van der Waals surface area contributed by atoms with E-state index >= 15 is 0 Å². The molecule has 7 nitrogen and oxygen atoms in total. The zero-order valence-corrected chi connectivity index (χ0v) is 13.3. The number of nitriles is 1. The minimum Gasteiger partial charge on any atom is -0.345 e. The van der Waals surface area contributed by atoms with Gasteiger partial charge in [-0.3, -0.25) is 14.6 Å². The van der Waals surface area contributed by atoms with Gasteiger partial charge in [0.05, 0.1) is 5.56 Å². The van der Waals surface area contributed by atoms with Crippen LogP contribution in [0.5, 0.6) is 0 Å². The van der Waals surface area contributed by atoms with Crippen molar-refractivity contribution in [2.75, 3.05) is 26.2 Å². The van der Waals surface area contributed by atoms with Crippen molar-refractivity contribution in [1.29, 1.82) is 5.26 Å². The summed E-state index contributed by atoms with van der Waals surface area (Å²) in [6.45, 7) is 1.93. The van der Waals surface area contributed by atoms with Gasteiger partial charge in [-0.05, 0) is 18.2 Å². The van der Waals surface area contributed by atoms with Gasteiger partial charge in [0, 0.05) is 57.4 Å². The van der Waals surface area contributed by atoms with E-state index in [9.17, 15) is 9.59 Å². The van der Waals surface area contributed by atoms with Crippen LogP contribution in [0.15, 0.2) is 36.8 Å². The lowest BCUT2D eigenvalue weighted by atomic mass is 10.2. The Labute approximate surface area is 139 Å². The van der Waals surface area contributed by atoms with Crippen molar-refractivity contribution in [3.8, 4) is 6.07 Å². The molecule has 0 bridgehead atoms. The lowest BCUT2D eigenvalue weighted by Gasteiger charge is -2.34. The average Bonchev–Trinajstić information content (AvgIpc) is 3.02. The maximum absolute atomic E-state index is 12.6. The number of carbonyl (C=O) groups is 2. The Hall–Kier alpha value is -3.14. The molecule has 0 unspecified atom stereocenters. The zero-order valence-electron chi connectivity index (χ0n) is 13.3. The lowest BCUT2D eigenvalue weighted by Crippen LogP contribution is -2.50. The first-order valence-corrected chi connectivity index (χ1v) is 7.65. The Morgan fingerprint density at radius 1 is 1.08 bits per heavy atom. The van der Waals surface area contributed by atoms with E-state index in [1.807, 2.05) is 6.07 Å². The third-order valence-electron chi connectivity index (χ3n) is 4.13. The van der Waals surface area contributed by atoms with Crippen molar-refractivity contribution in [2.45, 2.75) is 0 Å². The Kier molecular flexibility index (Phi) is 4.29. The molecule has 1 fully saturated rings. The molecule has 0 saturated carbocycles. The molecular weight excluding hydrogens is 306 g/mol. The van der Waals surface area contributed by atoms with Gasteiger partial charge in [0.2, 0.25) is 0 Å². The molecule has 0 aromatic carbocycles. The van der Waals surface area contributed by atoms with Crippen molar-refractivity contribution in [2.24, 2.45) is 7.05 Å². The van der Waals surface area contributed by atoms with Gasteiger partial charge < -0.3 is 14.4 Å². The topological polar surface area (TPSA) is 82.2 Å². The first kappa shape index (κ1) is 15.7. The number of hydrogen-bond acceptors (Lipinski definition) is 4. The van der Waals surface area contributed by atoms with Crippen LogP contribution in [0.4, 0.5) is 0 Å². The smallest absolute Gasteiger partial charge is 0.270 e. The molecule has 0 aliphatic carbocycles. The molecule has 7 heteroatoms. The minimum atomic E-state index is -0.116. The molecule has 3 heterocycles. The number of hydrogen-bond donors (Lipinski definition) is 0. The van der Waals surface area contributed by atoms with Crippen LogP contribution in [-0.2, 0) is 7.05 Å². The molecule has 24 heavy (non-hydrogen) atoms. The molecule has 2 amide bonds. The summed E-state index contributed by atoms with van der Waals surface area (Å²) in [5.74, 6) is -0.162. The molecule has 0 spiro atoms. The van der Waals surface area contributed by atoms with Crippen LogP contribution in [0, 0.1) is 11.3 Å². The maximum atomic E-state index is 12.6. The fourth-order valence-electron chi connectivity index (χ4n) is 2.79. The quantitative estimate of drug-likeness (QED) is 0.822. The normalized spacial score (nSPS) is 14.3. The highest BCUT2D eigenvalue weighted by atomic mass is 16.2. The average molecular weight is 323 g/mol. The van der Waals surface area contributed by atoms with Gasteiger partial charge >= 0.3 is 0 Å². The Balaban J connectivity index is 1.64. The zero-order chi connectivity index (χ0) is 17.1. The van der Waals surface area contributed by atoms with E-state index < -0.39 is 0 Å². The molecule has 2 aromatic rings. The second-order valence-electron chi connectivity index (χ2n) is 5.66. The molecular formula is C17H17N5O2. The number of amides is 2. The van der Waals surface area contributed by atoms with Crippen LogP contribution in [0.3, 0.4) is 0 Å². The second-order valence-corrected chi connectivity index (χ2v) is 5.66. The van der Waals surface area contributed by atoms with Crippen molar-refractivity contribution < 1.29 is 9.59 Å². The van der Waals surface area contributed by atoms with Gasteiger partial charge in [0.1, 0.15) is 11.8 Å². The van der Waals surface area contributed by atoms with Crippen molar-refractivity contribution >= 4 is 11.8 Å². The van der Waals surface area contributed by atoms with E-state index in [0.29, 0.717) is 43.0 Å². The minimum absolute atomic E-state index is 0.0462. The molecule has 1 saturated heterocycles. The molecule has 1 aliphatic heterocycles. The lowest BCUT2D eigenvalue weighted by molar-refractivity contribution is 0.0530. The van der Waals surface area contributed by atoms with Gasteiger partial charge in [0.25, 0.3) is 11.8 Å². The predicted molar refractivity (Wildman–Crippen MR) is 86.2 cm³/mol. The summed E-state index contributed by atoms with van der Waals surface area (Å²) in [5.41, 5.74) is 1.55. The Morgan fingerprint density at radius 3 is 2.21 bits per heavy atom. The van der Waals surface area contributed by atoms with Gasteiger partial charge in [-0.2, -0.15) is 5.26 Å². The third-order valence-corrected chi connectivity index (χ3v) is 4.13. The van der Waals surface area contributed by atoms with E-state index in [0.717, 1.165) is 0 Å². The summed E-state index contributed by atoms with van der Waals surface area (Å²) in [6, 6.07) is 7.01. The number of nitrogens with zero attached hydrogens (tertiary/aromatic N) is 5. The monoisotopic (exact) mass is 323 g/mol. The van der Waals surface area contributed by atoms with Gasteiger partial charge in [0.15, 0.2) is 0 Å². The molecule has 3 rings (SSSR count). The predicted octanol–water partition coefficient (Wildman–Crippen LogP) is 0.890. The number of carbonyl (C=O) groups excluding carboxylic acids is 2. The van der Waals surface area contributed by atoms with Crippen molar-refractivity contribution in [3.05, 3.63) is 53.6 Å². The van der Waals surface area contributed by atoms with Crippen LogP contribution in [-0.4, -0.2) is 57.3 Å². The number of aromatic nitrogens is 2. The summed E-state index contributed by atoms with van der Waals surface area (Å²) < 4.78 is 1.66. The van der Waals surface area contributed by atoms with Crippen LogP contribution in [0.2, 0.25) is 0 Å². The molecule has 122 valence electrons. The Bertz CT molecular complexity index is 798. The summed E-state index contributed by atoms with van der Waals surface area (Å²) in [6.07, 6.45) is 4.82. The van der Waals surface area contributed by atoms with Crippen LogP contribution < -0.4 is 0 Å². The van der Waals surface area contributed by atoms with Crippen LogP contribution in [0.25, 0.3) is 0 Å².